The first-order valence-electron chi connectivity index (χ1n) is 9.67. The molecule has 0 bridgehead atoms. The van der Waals surface area contributed by atoms with Crippen LogP contribution in [0.1, 0.15) is 28.4 Å². The van der Waals surface area contributed by atoms with Gasteiger partial charge in [-0.1, -0.05) is 12.1 Å². The number of halogens is 3. The maximum atomic E-state index is 14.4. The second kappa shape index (κ2) is 11.1. The molecule has 3 aromatic rings. The summed E-state index contributed by atoms with van der Waals surface area (Å²) in [5, 5.41) is 0. The number of imidazole rings is 1. The zero-order valence-corrected chi connectivity index (χ0v) is 18.4. The molecule has 31 heavy (non-hydrogen) atoms. The summed E-state index contributed by atoms with van der Waals surface area (Å²) >= 11 is 0. The van der Waals surface area contributed by atoms with Gasteiger partial charge in [0.2, 0.25) is 0 Å². The van der Waals surface area contributed by atoms with Crippen LogP contribution >= 0.6 is 24.8 Å². The van der Waals surface area contributed by atoms with E-state index in [0.717, 1.165) is 18.4 Å². The lowest BCUT2D eigenvalue weighted by Gasteiger charge is -2.18. The smallest absolute Gasteiger partial charge is 0.257 e. The summed E-state index contributed by atoms with van der Waals surface area (Å²) in [6.45, 7) is 1.69. The van der Waals surface area contributed by atoms with E-state index in [0.29, 0.717) is 31.1 Å². The third-order valence-corrected chi connectivity index (χ3v) is 5.16. The molecule has 1 aliphatic heterocycles. The number of hydrogen-bond acceptors (Lipinski definition) is 4. The minimum Gasteiger partial charge on any atom is -0.457 e. The van der Waals surface area contributed by atoms with E-state index in [1.54, 1.807) is 17.4 Å². The highest BCUT2D eigenvalue weighted by Crippen LogP contribution is 2.27. The molecule has 6 nitrogen and oxygen atoms in total. The first kappa shape index (κ1) is 24.7. The molecule has 0 radical (unpaired) electrons. The largest absolute Gasteiger partial charge is 0.457 e. The molecular weight excluding hydrogens is 442 g/mol. The number of rotatable bonds is 6. The Morgan fingerprint density at radius 3 is 2.58 bits per heavy atom. The molecule has 1 saturated heterocycles. The van der Waals surface area contributed by atoms with Crippen LogP contribution in [0.4, 0.5) is 4.39 Å². The van der Waals surface area contributed by atoms with E-state index in [1.165, 1.54) is 18.2 Å². The Kier molecular flexibility index (Phi) is 8.86. The molecule has 1 unspecified atom stereocenters. The molecule has 0 saturated carbocycles. The fourth-order valence-corrected chi connectivity index (χ4v) is 3.58. The minimum atomic E-state index is -0.549. The standard InChI is InChI=1S/C22H23FN4O2.2ClH/c23-21-6-5-19(29-18-3-1-16(2-4-18)7-9-24)13-20(21)22(28)26-11-8-17(14-26)27-12-10-25-15-27;;/h1-6,10,12-13,15,17H,7-9,11,14,24H2;2*1H. The minimum absolute atomic E-state index is 0. The maximum Gasteiger partial charge on any atom is 0.257 e. The number of amides is 1. The summed E-state index contributed by atoms with van der Waals surface area (Å²) in [5.41, 5.74) is 6.71. The number of ether oxygens (including phenoxy) is 1. The van der Waals surface area contributed by atoms with Crippen molar-refractivity contribution in [1.82, 2.24) is 14.5 Å². The lowest BCUT2D eigenvalue weighted by atomic mass is 10.1. The predicted molar refractivity (Wildman–Crippen MR) is 122 cm³/mol. The number of likely N-dealkylation sites (tertiary alicyclic amines) is 1. The fourth-order valence-electron chi connectivity index (χ4n) is 3.58. The lowest BCUT2D eigenvalue weighted by molar-refractivity contribution is 0.0782. The number of nitrogens with two attached hydrogens (primary N) is 1. The Hall–Kier alpha value is -2.61. The fraction of sp³-hybridized carbons (Fsp3) is 0.273. The summed E-state index contributed by atoms with van der Waals surface area (Å²) in [7, 11) is 0. The van der Waals surface area contributed by atoms with Crippen molar-refractivity contribution < 1.29 is 13.9 Å². The van der Waals surface area contributed by atoms with Crippen LogP contribution in [0.3, 0.4) is 0 Å². The first-order valence-corrected chi connectivity index (χ1v) is 9.67. The molecule has 1 amide bonds. The molecule has 1 aromatic heterocycles. The van der Waals surface area contributed by atoms with E-state index in [9.17, 15) is 9.18 Å². The second-order valence-electron chi connectivity index (χ2n) is 7.13. The second-order valence-corrected chi connectivity index (χ2v) is 7.13. The number of hydrogen-bond donors (Lipinski definition) is 1. The Balaban J connectivity index is 0.00000171. The van der Waals surface area contributed by atoms with Crippen LogP contribution in [0, 0.1) is 5.82 Å². The summed E-state index contributed by atoms with van der Waals surface area (Å²) in [6.07, 6.45) is 6.95. The van der Waals surface area contributed by atoms with E-state index in [2.05, 4.69) is 4.98 Å². The van der Waals surface area contributed by atoms with Crippen molar-refractivity contribution in [1.29, 1.82) is 0 Å². The van der Waals surface area contributed by atoms with Crippen molar-refractivity contribution in [3.63, 3.8) is 0 Å². The van der Waals surface area contributed by atoms with Crippen LogP contribution in [-0.2, 0) is 6.42 Å². The summed E-state index contributed by atoms with van der Waals surface area (Å²) < 4.78 is 22.2. The van der Waals surface area contributed by atoms with Gasteiger partial charge in [-0.3, -0.25) is 4.79 Å². The van der Waals surface area contributed by atoms with Crippen molar-refractivity contribution in [2.45, 2.75) is 18.9 Å². The monoisotopic (exact) mass is 466 g/mol. The number of aromatic nitrogens is 2. The van der Waals surface area contributed by atoms with Gasteiger partial charge in [0.1, 0.15) is 17.3 Å². The highest BCUT2D eigenvalue weighted by molar-refractivity contribution is 5.95. The lowest BCUT2D eigenvalue weighted by Crippen LogP contribution is -2.29. The molecule has 4 rings (SSSR count). The Morgan fingerprint density at radius 2 is 1.90 bits per heavy atom. The van der Waals surface area contributed by atoms with E-state index in [4.69, 9.17) is 10.5 Å². The Labute approximate surface area is 193 Å². The van der Waals surface area contributed by atoms with Crippen LogP contribution < -0.4 is 10.5 Å². The molecule has 2 N–H and O–H groups in total. The molecule has 1 aliphatic rings. The van der Waals surface area contributed by atoms with Gasteiger partial charge in [-0.15, -0.1) is 24.8 Å². The summed E-state index contributed by atoms with van der Waals surface area (Å²) in [4.78, 5) is 18.6. The van der Waals surface area contributed by atoms with Gasteiger partial charge in [-0.05, 0) is 55.3 Å². The van der Waals surface area contributed by atoms with Crippen molar-refractivity contribution in [3.05, 3.63) is 78.1 Å². The SMILES string of the molecule is Cl.Cl.NCCc1ccc(Oc2ccc(F)c(C(=O)N3CCC(n4ccnc4)C3)c2)cc1. The van der Waals surface area contributed by atoms with Crippen molar-refractivity contribution in [3.8, 4) is 11.5 Å². The van der Waals surface area contributed by atoms with Crippen molar-refractivity contribution in [2.24, 2.45) is 5.73 Å². The van der Waals surface area contributed by atoms with Gasteiger partial charge in [0.05, 0.1) is 17.9 Å². The highest BCUT2D eigenvalue weighted by Gasteiger charge is 2.29. The Morgan fingerprint density at radius 1 is 1.16 bits per heavy atom. The number of carbonyl (C=O) groups is 1. The molecule has 1 fully saturated rings. The third kappa shape index (κ3) is 5.76. The van der Waals surface area contributed by atoms with Gasteiger partial charge in [0.25, 0.3) is 5.91 Å². The highest BCUT2D eigenvalue weighted by atomic mass is 35.5. The summed E-state index contributed by atoms with van der Waals surface area (Å²) in [6, 6.07) is 12.0. The van der Waals surface area contributed by atoms with Crippen molar-refractivity contribution in [2.75, 3.05) is 19.6 Å². The molecule has 9 heteroatoms. The topological polar surface area (TPSA) is 73.4 Å². The van der Waals surface area contributed by atoms with Gasteiger partial charge in [-0.25, -0.2) is 9.37 Å². The van der Waals surface area contributed by atoms with Gasteiger partial charge in [-0.2, -0.15) is 0 Å². The third-order valence-electron chi connectivity index (χ3n) is 5.16. The quantitative estimate of drug-likeness (QED) is 0.589. The summed E-state index contributed by atoms with van der Waals surface area (Å²) in [5.74, 6) is 0.171. The Bertz CT molecular complexity index is 984. The first-order chi connectivity index (χ1) is 14.1. The van der Waals surface area contributed by atoms with Crippen LogP contribution in [0.5, 0.6) is 11.5 Å². The molecule has 2 heterocycles. The zero-order valence-electron chi connectivity index (χ0n) is 16.8. The van der Waals surface area contributed by atoms with E-state index >= 15 is 0 Å². The van der Waals surface area contributed by atoms with E-state index in [1.807, 2.05) is 35.0 Å². The maximum absolute atomic E-state index is 14.4. The molecule has 0 spiro atoms. The predicted octanol–water partition coefficient (Wildman–Crippen LogP) is 4.25. The van der Waals surface area contributed by atoms with Crippen molar-refractivity contribution >= 4 is 30.7 Å². The van der Waals surface area contributed by atoms with E-state index < -0.39 is 5.82 Å². The zero-order chi connectivity index (χ0) is 20.2. The molecule has 1 atom stereocenters. The molecule has 0 aliphatic carbocycles. The van der Waals surface area contributed by atoms with Crippen LogP contribution in [0.2, 0.25) is 0 Å². The molecule has 166 valence electrons. The van der Waals surface area contributed by atoms with Crippen LogP contribution in [0.25, 0.3) is 0 Å². The van der Waals surface area contributed by atoms with Crippen LogP contribution in [0.15, 0.2) is 61.2 Å². The van der Waals surface area contributed by atoms with Gasteiger partial charge >= 0.3 is 0 Å². The number of nitrogens with zero attached hydrogens (tertiary/aromatic N) is 3. The number of benzene rings is 2. The molecule has 2 aromatic carbocycles. The average Bonchev–Trinajstić information content (AvgIpc) is 3.42. The normalized spacial score (nSPS) is 15.2. The van der Waals surface area contributed by atoms with Gasteiger partial charge in [0.15, 0.2) is 0 Å². The van der Waals surface area contributed by atoms with Crippen LogP contribution in [-0.4, -0.2) is 40.0 Å². The molecular formula is C22H25Cl2FN4O2. The van der Waals surface area contributed by atoms with E-state index in [-0.39, 0.29) is 42.3 Å². The van der Waals surface area contributed by atoms with Gasteiger partial charge < -0.3 is 19.9 Å². The number of carbonyl (C=O) groups excluding carboxylic acids is 1. The van der Waals surface area contributed by atoms with Gasteiger partial charge in [0, 0.05) is 25.5 Å². The average molecular weight is 467 g/mol.